The van der Waals surface area contributed by atoms with Crippen LogP contribution < -0.4 is 0 Å². The van der Waals surface area contributed by atoms with E-state index in [-0.39, 0.29) is 0 Å². The molecule has 2 nitrogen and oxygen atoms in total. The van der Waals surface area contributed by atoms with Crippen molar-refractivity contribution in [2.24, 2.45) is 11.3 Å². The van der Waals surface area contributed by atoms with Crippen molar-refractivity contribution < 1.29 is 5.11 Å². The fourth-order valence-corrected chi connectivity index (χ4v) is 2.76. The second-order valence-corrected chi connectivity index (χ2v) is 6.52. The van der Waals surface area contributed by atoms with E-state index in [1.165, 1.54) is 32.2 Å². The molecular formula is C14H29NO. The molecule has 0 bridgehead atoms. The Hall–Kier alpha value is -0.0800. The molecule has 0 unspecified atom stereocenters. The molecule has 0 spiro atoms. The van der Waals surface area contributed by atoms with E-state index in [9.17, 15) is 0 Å². The topological polar surface area (TPSA) is 23.5 Å². The van der Waals surface area contributed by atoms with Gasteiger partial charge in [0.2, 0.25) is 0 Å². The zero-order chi connectivity index (χ0) is 12.0. The number of aliphatic hydroxyl groups excluding tert-OH is 1. The molecule has 0 atom stereocenters. The van der Waals surface area contributed by atoms with E-state index < -0.39 is 0 Å². The third kappa shape index (κ3) is 5.86. The summed E-state index contributed by atoms with van der Waals surface area (Å²) in [5, 5.41) is 8.95. The molecule has 0 saturated heterocycles. The first-order chi connectivity index (χ1) is 7.51. The van der Waals surface area contributed by atoms with Crippen molar-refractivity contribution in [2.45, 2.75) is 52.9 Å². The predicted octanol–water partition coefficient (Wildman–Crippen LogP) is 2.91. The molecule has 0 aromatic heterocycles. The van der Waals surface area contributed by atoms with Crippen LogP contribution in [0.4, 0.5) is 0 Å². The lowest BCUT2D eigenvalue weighted by atomic mass is 9.95. The van der Waals surface area contributed by atoms with E-state index in [0.29, 0.717) is 12.0 Å². The van der Waals surface area contributed by atoms with Crippen LogP contribution in [-0.4, -0.2) is 36.2 Å². The highest BCUT2D eigenvalue weighted by Gasteiger charge is 2.21. The molecule has 1 fully saturated rings. The van der Waals surface area contributed by atoms with Gasteiger partial charge in [-0.1, -0.05) is 33.6 Å². The molecule has 1 aliphatic rings. The minimum atomic E-state index is 0.325. The molecule has 96 valence electrons. The Kier molecular flexibility index (Phi) is 5.77. The Morgan fingerprint density at radius 2 is 1.81 bits per heavy atom. The average molecular weight is 227 g/mol. The number of rotatable bonds is 6. The van der Waals surface area contributed by atoms with Crippen LogP contribution in [0, 0.1) is 11.3 Å². The fraction of sp³-hybridized carbons (Fsp3) is 1.00. The summed E-state index contributed by atoms with van der Waals surface area (Å²) in [5.41, 5.74) is 0.369. The van der Waals surface area contributed by atoms with E-state index in [2.05, 4.69) is 25.7 Å². The van der Waals surface area contributed by atoms with Crippen LogP contribution in [0.25, 0.3) is 0 Å². The summed E-state index contributed by atoms with van der Waals surface area (Å²) in [6, 6.07) is 0. The zero-order valence-electron chi connectivity index (χ0n) is 11.3. The normalized spacial score (nSPS) is 18.6. The summed E-state index contributed by atoms with van der Waals surface area (Å²) >= 11 is 0. The molecule has 0 aromatic rings. The van der Waals surface area contributed by atoms with Gasteiger partial charge in [0.05, 0.1) is 0 Å². The zero-order valence-corrected chi connectivity index (χ0v) is 11.3. The number of hydrogen-bond donors (Lipinski definition) is 1. The summed E-state index contributed by atoms with van der Waals surface area (Å²) in [5.74, 6) is 0.918. The average Bonchev–Trinajstić information content (AvgIpc) is 2.64. The highest BCUT2D eigenvalue weighted by molar-refractivity contribution is 4.75. The van der Waals surface area contributed by atoms with Gasteiger partial charge in [0.1, 0.15) is 0 Å². The summed E-state index contributed by atoms with van der Waals surface area (Å²) in [4.78, 5) is 2.56. The van der Waals surface area contributed by atoms with E-state index in [1.807, 2.05) is 0 Å². The fourth-order valence-electron chi connectivity index (χ4n) is 2.76. The number of aliphatic hydroxyl groups is 1. The molecule has 1 aliphatic carbocycles. The lowest BCUT2D eigenvalue weighted by molar-refractivity contribution is 0.152. The van der Waals surface area contributed by atoms with Crippen molar-refractivity contribution in [1.82, 2.24) is 4.90 Å². The maximum absolute atomic E-state index is 8.95. The Labute approximate surface area is 101 Å². The molecule has 0 amide bonds. The van der Waals surface area contributed by atoms with Crippen LogP contribution in [0.1, 0.15) is 52.9 Å². The van der Waals surface area contributed by atoms with Crippen LogP contribution in [-0.2, 0) is 0 Å². The molecule has 0 radical (unpaired) electrons. The third-order valence-corrected chi connectivity index (χ3v) is 3.32. The van der Waals surface area contributed by atoms with Gasteiger partial charge in [-0.05, 0) is 30.6 Å². The first kappa shape index (κ1) is 14.0. The SMILES string of the molecule is CC(C)(C)CN(CCCO)CC1CCCC1. The van der Waals surface area contributed by atoms with Crippen molar-refractivity contribution in [3.8, 4) is 0 Å². The van der Waals surface area contributed by atoms with Crippen LogP contribution in [0.5, 0.6) is 0 Å². The predicted molar refractivity (Wildman–Crippen MR) is 69.6 cm³/mol. The largest absolute Gasteiger partial charge is 0.396 e. The summed E-state index contributed by atoms with van der Waals surface area (Å²) < 4.78 is 0. The van der Waals surface area contributed by atoms with Gasteiger partial charge in [0, 0.05) is 26.2 Å². The van der Waals surface area contributed by atoms with Crippen LogP contribution >= 0.6 is 0 Å². The highest BCUT2D eigenvalue weighted by atomic mass is 16.3. The third-order valence-electron chi connectivity index (χ3n) is 3.32. The monoisotopic (exact) mass is 227 g/mol. The van der Waals surface area contributed by atoms with Crippen molar-refractivity contribution in [3.63, 3.8) is 0 Å². The van der Waals surface area contributed by atoms with Gasteiger partial charge in [-0.3, -0.25) is 0 Å². The van der Waals surface area contributed by atoms with E-state index in [1.54, 1.807) is 0 Å². The second kappa shape index (κ2) is 6.61. The molecule has 1 rings (SSSR count). The van der Waals surface area contributed by atoms with E-state index >= 15 is 0 Å². The van der Waals surface area contributed by atoms with Crippen LogP contribution in [0.15, 0.2) is 0 Å². The van der Waals surface area contributed by atoms with Crippen molar-refractivity contribution in [3.05, 3.63) is 0 Å². The molecule has 0 aliphatic heterocycles. The van der Waals surface area contributed by atoms with Gasteiger partial charge in [-0.2, -0.15) is 0 Å². The Bertz CT molecular complexity index is 180. The summed E-state index contributed by atoms with van der Waals surface area (Å²) in [7, 11) is 0. The van der Waals surface area contributed by atoms with Crippen molar-refractivity contribution in [1.29, 1.82) is 0 Å². The maximum Gasteiger partial charge on any atom is 0.0443 e. The van der Waals surface area contributed by atoms with Crippen LogP contribution in [0.3, 0.4) is 0 Å². The minimum absolute atomic E-state index is 0.325. The smallest absolute Gasteiger partial charge is 0.0443 e. The van der Waals surface area contributed by atoms with Gasteiger partial charge in [0.25, 0.3) is 0 Å². The van der Waals surface area contributed by atoms with Gasteiger partial charge in [0.15, 0.2) is 0 Å². The molecule has 1 saturated carbocycles. The lowest BCUT2D eigenvalue weighted by Gasteiger charge is -2.31. The summed E-state index contributed by atoms with van der Waals surface area (Å²) in [6.07, 6.45) is 6.60. The van der Waals surface area contributed by atoms with Gasteiger partial charge in [-0.15, -0.1) is 0 Å². The maximum atomic E-state index is 8.95. The van der Waals surface area contributed by atoms with E-state index in [4.69, 9.17) is 5.11 Å². The van der Waals surface area contributed by atoms with Crippen molar-refractivity contribution >= 4 is 0 Å². The molecule has 2 heteroatoms. The van der Waals surface area contributed by atoms with Gasteiger partial charge in [-0.25, -0.2) is 0 Å². The van der Waals surface area contributed by atoms with Gasteiger partial charge >= 0.3 is 0 Å². The Morgan fingerprint density at radius 3 is 2.31 bits per heavy atom. The first-order valence-electron chi connectivity index (χ1n) is 6.84. The highest BCUT2D eigenvalue weighted by Crippen LogP contribution is 2.26. The summed E-state index contributed by atoms with van der Waals surface area (Å²) in [6.45, 7) is 10.7. The standard InChI is InChI=1S/C14H29NO/c1-14(2,3)12-15(9-6-10-16)11-13-7-4-5-8-13/h13,16H,4-12H2,1-3H3. The molecule has 0 aromatic carbocycles. The molecule has 0 heterocycles. The first-order valence-corrected chi connectivity index (χ1v) is 6.84. The van der Waals surface area contributed by atoms with Gasteiger partial charge < -0.3 is 10.0 Å². The quantitative estimate of drug-likeness (QED) is 0.754. The van der Waals surface area contributed by atoms with Crippen LogP contribution in [0.2, 0.25) is 0 Å². The van der Waals surface area contributed by atoms with Crippen molar-refractivity contribution in [2.75, 3.05) is 26.2 Å². The molecule has 1 N–H and O–H groups in total. The minimum Gasteiger partial charge on any atom is -0.396 e. The molecule has 16 heavy (non-hydrogen) atoms. The lowest BCUT2D eigenvalue weighted by Crippen LogP contribution is -2.37. The number of nitrogens with zero attached hydrogens (tertiary/aromatic N) is 1. The second-order valence-electron chi connectivity index (χ2n) is 6.52. The Balaban J connectivity index is 2.35. The molecular weight excluding hydrogens is 198 g/mol. The Morgan fingerprint density at radius 1 is 1.19 bits per heavy atom. The van der Waals surface area contributed by atoms with E-state index in [0.717, 1.165) is 25.4 Å². The number of hydrogen-bond acceptors (Lipinski definition) is 2.